The number of rotatable bonds is 5. The number of hydrogen-bond donors (Lipinski definition) is 1. The molecule has 4 nitrogen and oxygen atoms in total. The zero-order chi connectivity index (χ0) is 14.5. The van der Waals surface area contributed by atoms with Gasteiger partial charge in [0.05, 0.1) is 17.3 Å². The summed E-state index contributed by atoms with van der Waals surface area (Å²) in [6.45, 7) is 4.16. The Balaban J connectivity index is 2.53. The van der Waals surface area contributed by atoms with Crippen LogP contribution in [0.5, 0.6) is 0 Å². The number of nitrogens with zero attached hydrogens (tertiary/aromatic N) is 1. The zero-order valence-electron chi connectivity index (χ0n) is 11.6. The molecule has 0 radical (unpaired) electrons. The van der Waals surface area contributed by atoms with Gasteiger partial charge in [0.1, 0.15) is 11.3 Å². The monoisotopic (exact) mass is 292 g/mol. The first-order valence-electron chi connectivity index (χ1n) is 6.68. The second-order valence-corrected chi connectivity index (χ2v) is 4.78. The lowest BCUT2D eigenvalue weighted by Gasteiger charge is -2.06. The molecule has 0 saturated carbocycles. The largest absolute Gasteiger partial charge is 0.462 e. The molecule has 5 heteroatoms. The molecule has 0 aliphatic heterocycles. The van der Waals surface area contributed by atoms with Gasteiger partial charge >= 0.3 is 5.97 Å². The van der Waals surface area contributed by atoms with Gasteiger partial charge in [0.25, 0.3) is 0 Å². The third-order valence-electron chi connectivity index (χ3n) is 2.95. The predicted molar refractivity (Wildman–Crippen MR) is 79.0 cm³/mol. The maximum Gasteiger partial charge on any atom is 0.342 e. The van der Waals surface area contributed by atoms with Crippen LogP contribution in [0, 0.1) is 0 Å². The number of ether oxygens (including phenoxy) is 1. The van der Waals surface area contributed by atoms with E-state index < -0.39 is 0 Å². The van der Waals surface area contributed by atoms with Gasteiger partial charge in [0.15, 0.2) is 0 Å². The smallest absolute Gasteiger partial charge is 0.342 e. The fourth-order valence-corrected chi connectivity index (χ4v) is 2.31. The Morgan fingerprint density at radius 1 is 1.35 bits per heavy atom. The van der Waals surface area contributed by atoms with Crippen molar-refractivity contribution in [3.05, 3.63) is 40.5 Å². The maximum atomic E-state index is 12.2. The number of aromatic nitrogens is 2. The quantitative estimate of drug-likeness (QED) is 0.851. The van der Waals surface area contributed by atoms with Gasteiger partial charge in [0.2, 0.25) is 0 Å². The summed E-state index contributed by atoms with van der Waals surface area (Å²) in [6.07, 6.45) is 1.65. The van der Waals surface area contributed by atoms with Crippen LogP contribution in [0.15, 0.2) is 24.3 Å². The molecule has 2 rings (SSSR count). The van der Waals surface area contributed by atoms with Crippen LogP contribution in [0.4, 0.5) is 0 Å². The molecule has 0 unspecified atom stereocenters. The number of aryl methyl sites for hydroxylation is 1. The highest BCUT2D eigenvalue weighted by molar-refractivity contribution is 6.33. The van der Waals surface area contributed by atoms with Crippen molar-refractivity contribution in [2.24, 2.45) is 0 Å². The summed E-state index contributed by atoms with van der Waals surface area (Å²) >= 11 is 6.19. The molecular weight excluding hydrogens is 276 g/mol. The molecule has 0 aliphatic rings. The zero-order valence-corrected chi connectivity index (χ0v) is 12.3. The SMILES string of the molecule is CCCc1[nH]nc(-c2ccccc2Cl)c1C(=O)OCC. The van der Waals surface area contributed by atoms with E-state index in [0.29, 0.717) is 22.9 Å². The minimum Gasteiger partial charge on any atom is -0.462 e. The van der Waals surface area contributed by atoms with Crippen molar-refractivity contribution < 1.29 is 9.53 Å². The molecule has 0 atom stereocenters. The summed E-state index contributed by atoms with van der Waals surface area (Å²) in [5.41, 5.74) is 2.57. The Morgan fingerprint density at radius 2 is 2.10 bits per heavy atom. The lowest BCUT2D eigenvalue weighted by atomic mass is 10.0. The Kier molecular flexibility index (Phi) is 4.79. The van der Waals surface area contributed by atoms with Crippen LogP contribution < -0.4 is 0 Å². The van der Waals surface area contributed by atoms with Crippen LogP contribution >= 0.6 is 11.6 Å². The topological polar surface area (TPSA) is 55.0 Å². The third-order valence-corrected chi connectivity index (χ3v) is 3.28. The van der Waals surface area contributed by atoms with Gasteiger partial charge in [-0.2, -0.15) is 5.10 Å². The van der Waals surface area contributed by atoms with E-state index in [4.69, 9.17) is 16.3 Å². The molecule has 0 bridgehead atoms. The molecule has 106 valence electrons. The highest BCUT2D eigenvalue weighted by Gasteiger charge is 2.23. The Hall–Kier alpha value is -1.81. The van der Waals surface area contributed by atoms with Crippen molar-refractivity contribution in [2.45, 2.75) is 26.7 Å². The minimum atomic E-state index is -0.361. The molecule has 0 fully saturated rings. The lowest BCUT2D eigenvalue weighted by molar-refractivity contribution is 0.0526. The number of benzene rings is 1. The standard InChI is InChI=1S/C15H17ClN2O2/c1-3-7-12-13(15(19)20-4-2)14(18-17-12)10-8-5-6-9-11(10)16/h5-6,8-9H,3-4,7H2,1-2H3,(H,17,18). The lowest BCUT2D eigenvalue weighted by Crippen LogP contribution is -2.08. The summed E-state index contributed by atoms with van der Waals surface area (Å²) in [5.74, 6) is -0.361. The molecular formula is C15H17ClN2O2. The summed E-state index contributed by atoms with van der Waals surface area (Å²) in [5, 5.41) is 7.75. The summed E-state index contributed by atoms with van der Waals surface area (Å²) in [4.78, 5) is 12.2. The van der Waals surface area contributed by atoms with Crippen molar-refractivity contribution in [3.8, 4) is 11.3 Å². The van der Waals surface area contributed by atoms with Crippen LogP contribution in [-0.4, -0.2) is 22.8 Å². The number of nitrogens with one attached hydrogen (secondary N) is 1. The van der Waals surface area contributed by atoms with E-state index in [2.05, 4.69) is 10.2 Å². The van der Waals surface area contributed by atoms with E-state index in [9.17, 15) is 4.79 Å². The number of carbonyl (C=O) groups excluding carboxylic acids is 1. The van der Waals surface area contributed by atoms with Crippen LogP contribution in [0.25, 0.3) is 11.3 Å². The Morgan fingerprint density at radius 3 is 2.75 bits per heavy atom. The van der Waals surface area contributed by atoms with Gasteiger partial charge in [-0.15, -0.1) is 0 Å². The van der Waals surface area contributed by atoms with E-state index in [1.807, 2.05) is 25.1 Å². The highest BCUT2D eigenvalue weighted by atomic mass is 35.5. The second-order valence-electron chi connectivity index (χ2n) is 4.38. The van der Waals surface area contributed by atoms with E-state index in [1.165, 1.54) is 0 Å². The Bertz CT molecular complexity index is 608. The summed E-state index contributed by atoms with van der Waals surface area (Å²) in [7, 11) is 0. The van der Waals surface area contributed by atoms with Crippen molar-refractivity contribution in [3.63, 3.8) is 0 Å². The van der Waals surface area contributed by atoms with Crippen molar-refractivity contribution in [1.29, 1.82) is 0 Å². The minimum absolute atomic E-state index is 0.331. The van der Waals surface area contributed by atoms with E-state index in [0.717, 1.165) is 24.1 Å². The highest BCUT2D eigenvalue weighted by Crippen LogP contribution is 2.30. The molecule has 1 heterocycles. The fourth-order valence-electron chi connectivity index (χ4n) is 2.08. The molecule has 0 amide bonds. The normalized spacial score (nSPS) is 10.6. The maximum absolute atomic E-state index is 12.2. The van der Waals surface area contributed by atoms with Gasteiger partial charge in [-0.1, -0.05) is 43.1 Å². The molecule has 20 heavy (non-hydrogen) atoms. The average Bonchev–Trinajstić information content (AvgIpc) is 2.83. The van der Waals surface area contributed by atoms with Crippen LogP contribution in [-0.2, 0) is 11.2 Å². The molecule has 1 aromatic carbocycles. The number of hydrogen-bond acceptors (Lipinski definition) is 3. The number of carbonyl (C=O) groups is 1. The molecule has 1 aromatic heterocycles. The van der Waals surface area contributed by atoms with Gasteiger partial charge in [0, 0.05) is 5.56 Å². The van der Waals surface area contributed by atoms with Crippen LogP contribution in [0.1, 0.15) is 36.3 Å². The second kappa shape index (κ2) is 6.57. The molecule has 0 spiro atoms. The van der Waals surface area contributed by atoms with Crippen molar-refractivity contribution in [1.82, 2.24) is 10.2 Å². The third kappa shape index (κ3) is 2.85. The Labute approximate surface area is 123 Å². The average molecular weight is 293 g/mol. The number of halogens is 1. The predicted octanol–water partition coefficient (Wildman–Crippen LogP) is 3.86. The summed E-state index contributed by atoms with van der Waals surface area (Å²) < 4.78 is 5.13. The number of aromatic amines is 1. The van der Waals surface area contributed by atoms with E-state index in [-0.39, 0.29) is 5.97 Å². The van der Waals surface area contributed by atoms with Crippen molar-refractivity contribution in [2.75, 3.05) is 6.61 Å². The molecule has 0 saturated heterocycles. The number of H-pyrrole nitrogens is 1. The first kappa shape index (κ1) is 14.6. The molecule has 1 N–H and O–H groups in total. The van der Waals surface area contributed by atoms with Gasteiger partial charge < -0.3 is 4.74 Å². The van der Waals surface area contributed by atoms with Gasteiger partial charge in [-0.3, -0.25) is 5.10 Å². The van der Waals surface area contributed by atoms with E-state index in [1.54, 1.807) is 13.0 Å². The first-order valence-corrected chi connectivity index (χ1v) is 7.06. The molecule has 0 aliphatic carbocycles. The van der Waals surface area contributed by atoms with Gasteiger partial charge in [-0.25, -0.2) is 4.79 Å². The molecule has 2 aromatic rings. The first-order chi connectivity index (χ1) is 9.69. The fraction of sp³-hybridized carbons (Fsp3) is 0.333. The van der Waals surface area contributed by atoms with Gasteiger partial charge in [-0.05, 0) is 19.4 Å². The summed E-state index contributed by atoms with van der Waals surface area (Å²) in [6, 6.07) is 7.33. The number of esters is 1. The van der Waals surface area contributed by atoms with Crippen LogP contribution in [0.3, 0.4) is 0 Å². The van der Waals surface area contributed by atoms with E-state index >= 15 is 0 Å². The van der Waals surface area contributed by atoms with Crippen molar-refractivity contribution >= 4 is 17.6 Å². The van der Waals surface area contributed by atoms with Crippen LogP contribution in [0.2, 0.25) is 5.02 Å².